The van der Waals surface area contributed by atoms with E-state index in [1.165, 1.54) is 31.2 Å². The lowest BCUT2D eigenvalue weighted by Crippen LogP contribution is -2.05. The number of hydrogen-bond donors (Lipinski definition) is 1. The highest BCUT2D eigenvalue weighted by atomic mass is 16.5. The molecule has 1 aromatic carbocycles. The van der Waals surface area contributed by atoms with Crippen LogP contribution in [0.4, 0.5) is 11.6 Å². The summed E-state index contributed by atoms with van der Waals surface area (Å²) in [4.78, 5) is 9.28. The molecule has 1 aliphatic carbocycles. The number of aryl methyl sites for hydroxylation is 1. The van der Waals surface area contributed by atoms with Gasteiger partial charge in [0.2, 0.25) is 5.95 Å². The Morgan fingerprint density at radius 2 is 2.00 bits per heavy atom. The van der Waals surface area contributed by atoms with Crippen LogP contribution in [-0.2, 0) is 0 Å². The van der Waals surface area contributed by atoms with Crippen LogP contribution >= 0.6 is 0 Å². The number of rotatable bonds is 4. The number of hydrogen-bond acceptors (Lipinski definition) is 4. The Morgan fingerprint density at radius 1 is 1.21 bits per heavy atom. The molecule has 0 aliphatic heterocycles. The average Bonchev–Trinajstić information content (AvgIpc) is 3.24. The first-order valence-corrected chi connectivity index (χ1v) is 8.50. The molecule has 1 fully saturated rings. The van der Waals surface area contributed by atoms with E-state index in [0.29, 0.717) is 12.0 Å². The summed E-state index contributed by atoms with van der Waals surface area (Å²) in [6.07, 6.45) is 9.23. The average molecular weight is 322 g/mol. The summed E-state index contributed by atoms with van der Waals surface area (Å²) in [6.45, 7) is 2.13. The first kappa shape index (κ1) is 15.0. The van der Waals surface area contributed by atoms with Crippen LogP contribution in [0.2, 0.25) is 0 Å². The van der Waals surface area contributed by atoms with E-state index in [4.69, 9.17) is 9.72 Å². The lowest BCUT2D eigenvalue weighted by atomic mass is 10.2. The van der Waals surface area contributed by atoms with E-state index in [1.54, 1.807) is 7.11 Å². The molecule has 2 aromatic heterocycles. The Morgan fingerprint density at radius 3 is 2.79 bits per heavy atom. The third-order valence-electron chi connectivity index (χ3n) is 4.84. The molecule has 0 saturated heterocycles. The standard InChI is InChI=1S/C19H22N4O/c1-13-12-23(14-7-3-4-8-14)18-15(13)11-20-19(22-18)21-16-9-5-6-10-17(16)24-2/h5-6,9-12,14H,3-4,7-8H2,1-2H3,(H,20,21,22). The Hall–Kier alpha value is -2.56. The van der Waals surface area contributed by atoms with E-state index in [0.717, 1.165) is 22.5 Å². The molecule has 5 nitrogen and oxygen atoms in total. The van der Waals surface area contributed by atoms with Gasteiger partial charge in [0.25, 0.3) is 0 Å². The summed E-state index contributed by atoms with van der Waals surface area (Å²) in [6, 6.07) is 8.37. The SMILES string of the molecule is COc1ccccc1Nc1ncc2c(C)cn(C3CCCC3)c2n1. The maximum atomic E-state index is 5.39. The summed E-state index contributed by atoms with van der Waals surface area (Å²) in [5.74, 6) is 1.38. The minimum absolute atomic E-state index is 0.565. The molecule has 5 heteroatoms. The highest BCUT2D eigenvalue weighted by Crippen LogP contribution is 2.34. The number of methoxy groups -OCH3 is 1. The molecule has 0 radical (unpaired) electrons. The first-order valence-electron chi connectivity index (χ1n) is 8.50. The molecule has 1 aliphatic rings. The smallest absolute Gasteiger partial charge is 0.229 e. The van der Waals surface area contributed by atoms with Crippen LogP contribution in [0.25, 0.3) is 11.0 Å². The quantitative estimate of drug-likeness (QED) is 0.762. The first-order chi connectivity index (χ1) is 11.8. The number of ether oxygens (including phenoxy) is 1. The van der Waals surface area contributed by atoms with Crippen LogP contribution in [0.5, 0.6) is 5.75 Å². The zero-order valence-corrected chi connectivity index (χ0v) is 14.1. The molecule has 24 heavy (non-hydrogen) atoms. The molecule has 3 aromatic rings. The fourth-order valence-electron chi connectivity index (χ4n) is 3.58. The van der Waals surface area contributed by atoms with Crippen molar-refractivity contribution < 1.29 is 4.74 Å². The molecule has 0 unspecified atom stereocenters. The molecule has 0 bridgehead atoms. The Labute approximate surface area is 141 Å². The lowest BCUT2D eigenvalue weighted by Gasteiger charge is -2.13. The molecular formula is C19H22N4O. The van der Waals surface area contributed by atoms with Crippen molar-refractivity contribution in [3.05, 3.63) is 42.2 Å². The molecule has 0 spiro atoms. The molecule has 0 amide bonds. The maximum Gasteiger partial charge on any atom is 0.229 e. The molecule has 0 atom stereocenters. The summed E-state index contributed by atoms with van der Waals surface area (Å²) in [5.41, 5.74) is 3.13. The van der Waals surface area contributed by atoms with Crippen molar-refractivity contribution in [1.82, 2.24) is 14.5 Å². The zero-order chi connectivity index (χ0) is 16.5. The Kier molecular flexibility index (Phi) is 3.84. The summed E-state index contributed by atoms with van der Waals surface area (Å²) < 4.78 is 7.73. The Balaban J connectivity index is 1.73. The van der Waals surface area contributed by atoms with E-state index in [-0.39, 0.29) is 0 Å². The van der Waals surface area contributed by atoms with Crippen LogP contribution in [0.15, 0.2) is 36.7 Å². The van der Waals surface area contributed by atoms with Crippen LogP contribution in [0.1, 0.15) is 37.3 Å². The molecule has 2 heterocycles. The van der Waals surface area contributed by atoms with Gasteiger partial charge in [-0.1, -0.05) is 25.0 Å². The van der Waals surface area contributed by atoms with E-state index in [2.05, 4.69) is 28.0 Å². The van der Waals surface area contributed by atoms with Crippen LogP contribution < -0.4 is 10.1 Å². The van der Waals surface area contributed by atoms with Gasteiger partial charge in [-0.25, -0.2) is 4.98 Å². The van der Waals surface area contributed by atoms with E-state index < -0.39 is 0 Å². The van der Waals surface area contributed by atoms with Crippen LogP contribution in [0.3, 0.4) is 0 Å². The minimum Gasteiger partial charge on any atom is -0.495 e. The van der Waals surface area contributed by atoms with Crippen molar-refractivity contribution >= 4 is 22.7 Å². The van der Waals surface area contributed by atoms with Crippen molar-refractivity contribution in [1.29, 1.82) is 0 Å². The number of benzene rings is 1. The van der Waals surface area contributed by atoms with Crippen molar-refractivity contribution in [3.8, 4) is 5.75 Å². The predicted octanol–water partition coefficient (Wildman–Crippen LogP) is 4.61. The van der Waals surface area contributed by atoms with Gasteiger partial charge in [-0.3, -0.25) is 0 Å². The molecule has 1 saturated carbocycles. The molecule has 4 rings (SSSR count). The topological polar surface area (TPSA) is 52.0 Å². The van der Waals surface area contributed by atoms with Crippen molar-refractivity contribution in [3.63, 3.8) is 0 Å². The number of fused-ring (bicyclic) bond motifs is 1. The van der Waals surface area contributed by atoms with Crippen molar-refractivity contribution in [2.45, 2.75) is 38.6 Å². The van der Waals surface area contributed by atoms with Gasteiger partial charge < -0.3 is 14.6 Å². The second-order valence-electron chi connectivity index (χ2n) is 6.41. The maximum absolute atomic E-state index is 5.39. The minimum atomic E-state index is 0.565. The van der Waals surface area contributed by atoms with Crippen LogP contribution in [-0.4, -0.2) is 21.6 Å². The highest BCUT2D eigenvalue weighted by molar-refractivity contribution is 5.81. The monoisotopic (exact) mass is 322 g/mol. The van der Waals surface area contributed by atoms with Gasteiger partial charge in [0.1, 0.15) is 11.4 Å². The molecule has 1 N–H and O–H groups in total. The van der Waals surface area contributed by atoms with Gasteiger partial charge in [0, 0.05) is 23.8 Å². The van der Waals surface area contributed by atoms with Gasteiger partial charge in [0.05, 0.1) is 12.8 Å². The van der Waals surface area contributed by atoms with Gasteiger partial charge in [0.15, 0.2) is 0 Å². The normalized spacial score (nSPS) is 15.1. The fourth-order valence-corrected chi connectivity index (χ4v) is 3.58. The van der Waals surface area contributed by atoms with Gasteiger partial charge in [-0.15, -0.1) is 0 Å². The molecular weight excluding hydrogens is 300 g/mol. The number of anilines is 2. The van der Waals surface area contributed by atoms with E-state index in [1.807, 2.05) is 30.5 Å². The van der Waals surface area contributed by atoms with Gasteiger partial charge in [-0.05, 0) is 37.5 Å². The summed E-state index contributed by atoms with van der Waals surface area (Å²) in [5, 5.41) is 4.41. The van der Waals surface area contributed by atoms with Crippen molar-refractivity contribution in [2.24, 2.45) is 0 Å². The fraction of sp³-hybridized carbons (Fsp3) is 0.368. The highest BCUT2D eigenvalue weighted by Gasteiger charge is 2.20. The number of nitrogens with zero attached hydrogens (tertiary/aromatic N) is 3. The van der Waals surface area contributed by atoms with Crippen molar-refractivity contribution in [2.75, 3.05) is 12.4 Å². The lowest BCUT2D eigenvalue weighted by molar-refractivity contribution is 0.417. The van der Waals surface area contributed by atoms with Crippen LogP contribution in [0, 0.1) is 6.92 Å². The number of aromatic nitrogens is 3. The second-order valence-corrected chi connectivity index (χ2v) is 6.41. The largest absolute Gasteiger partial charge is 0.495 e. The van der Waals surface area contributed by atoms with Gasteiger partial charge >= 0.3 is 0 Å². The zero-order valence-electron chi connectivity index (χ0n) is 14.1. The predicted molar refractivity (Wildman–Crippen MR) is 96.0 cm³/mol. The number of nitrogens with one attached hydrogen (secondary N) is 1. The van der Waals surface area contributed by atoms with Gasteiger partial charge in [-0.2, -0.15) is 4.98 Å². The third kappa shape index (κ3) is 2.60. The van der Waals surface area contributed by atoms with E-state index >= 15 is 0 Å². The third-order valence-corrected chi connectivity index (χ3v) is 4.84. The number of para-hydroxylation sites is 2. The van der Waals surface area contributed by atoms with E-state index in [9.17, 15) is 0 Å². The summed E-state index contributed by atoms with van der Waals surface area (Å²) in [7, 11) is 1.67. The molecule has 124 valence electrons. The Bertz CT molecular complexity index is 865. The second kappa shape index (κ2) is 6.15. The summed E-state index contributed by atoms with van der Waals surface area (Å²) >= 11 is 0.